The van der Waals surface area contributed by atoms with Crippen molar-refractivity contribution in [2.75, 3.05) is 13.6 Å². The standard InChI is InChI=1S/C16H17FN2.C4H4O4/c1-19-7-3-6-16(19)14-8-13(10-18-11-14)12-4-2-5-15(17)9-12;5-3(6)1-2-4(7)8/h2,4-5,8-11,16H,3,6-7H2,1H3;1-2H,(H,5,6)(H,7,8). The van der Waals surface area contributed by atoms with E-state index in [1.807, 2.05) is 12.3 Å². The number of likely N-dealkylation sites (tertiary alicyclic amines) is 1. The van der Waals surface area contributed by atoms with Gasteiger partial charge in [0.05, 0.1) is 0 Å². The van der Waals surface area contributed by atoms with Crippen molar-refractivity contribution in [3.05, 3.63) is 66.3 Å². The fraction of sp³-hybridized carbons (Fsp3) is 0.250. The van der Waals surface area contributed by atoms with Crippen molar-refractivity contribution in [2.24, 2.45) is 0 Å². The number of hydrogen-bond donors (Lipinski definition) is 2. The largest absolute Gasteiger partial charge is 0.478 e. The van der Waals surface area contributed by atoms with E-state index < -0.39 is 11.9 Å². The van der Waals surface area contributed by atoms with Crippen LogP contribution in [0.1, 0.15) is 24.4 Å². The molecule has 3 rings (SSSR count). The minimum Gasteiger partial charge on any atom is -0.478 e. The molecule has 6 nitrogen and oxygen atoms in total. The number of halogens is 1. The molecule has 7 heteroatoms. The number of benzene rings is 1. The van der Waals surface area contributed by atoms with Crippen LogP contribution in [0, 0.1) is 5.82 Å². The summed E-state index contributed by atoms with van der Waals surface area (Å²) in [4.78, 5) is 25.8. The highest BCUT2D eigenvalue weighted by Gasteiger charge is 2.22. The number of aliphatic carboxylic acids is 2. The van der Waals surface area contributed by atoms with Crippen LogP contribution in [0.15, 0.2) is 54.9 Å². The van der Waals surface area contributed by atoms with Gasteiger partial charge in [0.2, 0.25) is 0 Å². The van der Waals surface area contributed by atoms with Crippen LogP contribution in [-0.2, 0) is 9.59 Å². The molecule has 1 fully saturated rings. The second-order valence-corrected chi connectivity index (χ2v) is 6.17. The zero-order chi connectivity index (χ0) is 19.8. The lowest BCUT2D eigenvalue weighted by atomic mass is 10.0. The number of aromatic nitrogens is 1. The van der Waals surface area contributed by atoms with E-state index >= 15 is 0 Å². The average molecular weight is 372 g/mol. The fourth-order valence-corrected chi connectivity index (χ4v) is 2.94. The number of carboxylic acid groups (broad SMARTS) is 2. The summed E-state index contributed by atoms with van der Waals surface area (Å²) in [5, 5.41) is 15.6. The molecular formula is C20H21FN2O4. The van der Waals surface area contributed by atoms with Crippen molar-refractivity contribution >= 4 is 11.9 Å². The summed E-state index contributed by atoms with van der Waals surface area (Å²) < 4.78 is 13.3. The summed E-state index contributed by atoms with van der Waals surface area (Å²) in [6.07, 6.45) is 7.24. The molecule has 27 heavy (non-hydrogen) atoms. The monoisotopic (exact) mass is 372 g/mol. The van der Waals surface area contributed by atoms with Crippen LogP contribution in [0.2, 0.25) is 0 Å². The topological polar surface area (TPSA) is 90.7 Å². The van der Waals surface area contributed by atoms with Crippen molar-refractivity contribution in [3.63, 3.8) is 0 Å². The minimum atomic E-state index is -1.26. The Kier molecular flexibility index (Phi) is 7.19. The van der Waals surface area contributed by atoms with Crippen LogP contribution in [0.5, 0.6) is 0 Å². The van der Waals surface area contributed by atoms with Crippen molar-refractivity contribution in [2.45, 2.75) is 18.9 Å². The molecule has 1 saturated heterocycles. The maximum absolute atomic E-state index is 13.3. The number of carbonyl (C=O) groups is 2. The second kappa shape index (κ2) is 9.59. The van der Waals surface area contributed by atoms with Crippen LogP contribution >= 0.6 is 0 Å². The molecule has 2 aromatic rings. The normalized spacial score (nSPS) is 16.7. The molecule has 0 spiro atoms. The smallest absolute Gasteiger partial charge is 0.328 e. The Bertz CT molecular complexity index is 822. The molecule has 1 aliphatic rings. The Morgan fingerprint density at radius 3 is 2.41 bits per heavy atom. The third kappa shape index (κ3) is 6.31. The van der Waals surface area contributed by atoms with Crippen molar-refractivity contribution in [1.82, 2.24) is 9.88 Å². The molecule has 0 radical (unpaired) electrons. The number of rotatable bonds is 4. The molecule has 1 unspecified atom stereocenters. The fourth-order valence-electron chi connectivity index (χ4n) is 2.94. The maximum Gasteiger partial charge on any atom is 0.328 e. The van der Waals surface area contributed by atoms with Crippen molar-refractivity contribution in [1.29, 1.82) is 0 Å². The lowest BCUT2D eigenvalue weighted by molar-refractivity contribution is -0.134. The van der Waals surface area contributed by atoms with Crippen LogP contribution in [0.3, 0.4) is 0 Å². The van der Waals surface area contributed by atoms with Crippen LogP contribution in [0.25, 0.3) is 11.1 Å². The van der Waals surface area contributed by atoms with E-state index in [1.54, 1.807) is 18.3 Å². The van der Waals surface area contributed by atoms with Gasteiger partial charge in [-0.2, -0.15) is 0 Å². The molecule has 142 valence electrons. The van der Waals surface area contributed by atoms with E-state index in [2.05, 4.69) is 23.0 Å². The summed E-state index contributed by atoms with van der Waals surface area (Å²) in [5.41, 5.74) is 3.09. The first kappa shape index (κ1) is 20.3. The van der Waals surface area contributed by atoms with Gasteiger partial charge in [-0.05, 0) is 55.8 Å². The van der Waals surface area contributed by atoms with Gasteiger partial charge in [-0.25, -0.2) is 14.0 Å². The van der Waals surface area contributed by atoms with E-state index in [0.717, 1.165) is 17.7 Å². The highest BCUT2D eigenvalue weighted by atomic mass is 19.1. The summed E-state index contributed by atoms with van der Waals surface area (Å²) >= 11 is 0. The number of nitrogens with zero attached hydrogens (tertiary/aromatic N) is 2. The van der Waals surface area contributed by atoms with E-state index in [-0.39, 0.29) is 5.82 Å². The highest BCUT2D eigenvalue weighted by molar-refractivity contribution is 5.89. The molecule has 2 N–H and O–H groups in total. The average Bonchev–Trinajstić information content (AvgIpc) is 3.07. The first-order chi connectivity index (χ1) is 12.9. The Labute approximate surface area is 156 Å². The van der Waals surface area contributed by atoms with Gasteiger partial charge in [-0.3, -0.25) is 9.88 Å². The molecule has 1 atom stereocenters. The molecule has 1 aromatic carbocycles. The van der Waals surface area contributed by atoms with Gasteiger partial charge in [-0.15, -0.1) is 0 Å². The summed E-state index contributed by atoms with van der Waals surface area (Å²) in [5.74, 6) is -2.72. The van der Waals surface area contributed by atoms with Crippen LogP contribution in [0.4, 0.5) is 4.39 Å². The van der Waals surface area contributed by atoms with E-state index in [4.69, 9.17) is 10.2 Å². The second-order valence-electron chi connectivity index (χ2n) is 6.17. The number of carboxylic acids is 2. The maximum atomic E-state index is 13.3. The Hall–Kier alpha value is -3.06. The molecule has 0 saturated carbocycles. The molecule has 2 heterocycles. The third-order valence-corrected chi connectivity index (χ3v) is 4.19. The first-order valence-electron chi connectivity index (χ1n) is 8.42. The van der Waals surface area contributed by atoms with Gasteiger partial charge >= 0.3 is 11.9 Å². The summed E-state index contributed by atoms with van der Waals surface area (Å²) in [6.45, 7) is 1.13. The minimum absolute atomic E-state index is 0.208. The van der Waals surface area contributed by atoms with Gasteiger partial charge in [0.25, 0.3) is 0 Å². The van der Waals surface area contributed by atoms with E-state index in [0.29, 0.717) is 18.2 Å². The summed E-state index contributed by atoms with van der Waals surface area (Å²) in [6, 6.07) is 9.25. The van der Waals surface area contributed by atoms with E-state index in [1.165, 1.54) is 24.5 Å². The Morgan fingerprint density at radius 2 is 1.85 bits per heavy atom. The molecular weight excluding hydrogens is 351 g/mol. The van der Waals surface area contributed by atoms with Crippen LogP contribution in [-0.4, -0.2) is 45.6 Å². The quantitative estimate of drug-likeness (QED) is 0.800. The molecule has 0 bridgehead atoms. The van der Waals surface area contributed by atoms with Crippen molar-refractivity contribution in [3.8, 4) is 11.1 Å². The SMILES string of the molecule is CN1CCCC1c1cncc(-c2cccc(F)c2)c1.O=C(O)C=CC(=O)O. The molecule has 1 aromatic heterocycles. The van der Waals surface area contributed by atoms with Crippen LogP contribution < -0.4 is 0 Å². The van der Waals surface area contributed by atoms with Gasteiger partial charge in [0.15, 0.2) is 0 Å². The predicted octanol–water partition coefficient (Wildman–Crippen LogP) is 3.37. The Morgan fingerprint density at radius 1 is 1.15 bits per heavy atom. The highest BCUT2D eigenvalue weighted by Crippen LogP contribution is 2.32. The van der Waals surface area contributed by atoms with Gasteiger partial charge < -0.3 is 10.2 Å². The zero-order valence-corrected chi connectivity index (χ0v) is 14.9. The number of hydrogen-bond acceptors (Lipinski definition) is 4. The van der Waals surface area contributed by atoms with Crippen molar-refractivity contribution < 1.29 is 24.2 Å². The lowest BCUT2D eigenvalue weighted by Crippen LogP contribution is -2.17. The summed E-state index contributed by atoms with van der Waals surface area (Å²) in [7, 11) is 2.15. The number of pyridine rings is 1. The predicted molar refractivity (Wildman–Crippen MR) is 98.6 cm³/mol. The Balaban J connectivity index is 0.000000279. The zero-order valence-electron chi connectivity index (χ0n) is 14.9. The van der Waals surface area contributed by atoms with Gasteiger partial charge in [0, 0.05) is 36.2 Å². The lowest BCUT2D eigenvalue weighted by Gasteiger charge is -2.19. The first-order valence-corrected chi connectivity index (χ1v) is 8.42. The molecule has 0 aliphatic carbocycles. The third-order valence-electron chi connectivity index (χ3n) is 4.19. The van der Waals surface area contributed by atoms with Gasteiger partial charge in [-0.1, -0.05) is 12.1 Å². The van der Waals surface area contributed by atoms with E-state index in [9.17, 15) is 14.0 Å². The molecule has 0 amide bonds. The molecule has 1 aliphatic heterocycles. The van der Waals surface area contributed by atoms with Gasteiger partial charge in [0.1, 0.15) is 5.82 Å².